The molecule has 0 aromatic heterocycles. The normalized spacial score (nSPS) is 28.9. The number of carbonyl (C=O) groups excluding carboxylic acids is 1. The van der Waals surface area contributed by atoms with Crippen LogP contribution < -0.4 is 5.32 Å². The fourth-order valence-electron chi connectivity index (χ4n) is 1.78. The van der Waals surface area contributed by atoms with Crippen molar-refractivity contribution in [3.05, 3.63) is 34.1 Å². The second-order valence-electron chi connectivity index (χ2n) is 4.00. The van der Waals surface area contributed by atoms with Crippen LogP contribution >= 0.6 is 15.9 Å². The number of morpholine rings is 1. The topological polar surface area (TPSA) is 38.3 Å². The first-order valence-electron chi connectivity index (χ1n) is 4.95. The third-order valence-electron chi connectivity index (χ3n) is 2.70. The molecule has 1 amide bonds. The molecule has 3 nitrogen and oxygen atoms in total. The number of ether oxygens (including phenoxy) is 1. The summed E-state index contributed by atoms with van der Waals surface area (Å²) in [6, 6.07) is 4.13. The van der Waals surface area contributed by atoms with Gasteiger partial charge in [0.1, 0.15) is 18.0 Å². The van der Waals surface area contributed by atoms with Gasteiger partial charge < -0.3 is 10.1 Å². The summed E-state index contributed by atoms with van der Waals surface area (Å²) < 4.78 is 32.8. The molecule has 17 heavy (non-hydrogen) atoms. The molecule has 1 fully saturated rings. The van der Waals surface area contributed by atoms with E-state index in [0.29, 0.717) is 4.47 Å². The van der Waals surface area contributed by atoms with Crippen LogP contribution in [0.1, 0.15) is 12.5 Å². The van der Waals surface area contributed by atoms with Gasteiger partial charge in [0.05, 0.1) is 0 Å². The van der Waals surface area contributed by atoms with Crippen LogP contribution in [0.4, 0.5) is 8.78 Å². The fraction of sp³-hybridized carbons (Fsp3) is 0.364. The van der Waals surface area contributed by atoms with Crippen molar-refractivity contribution < 1.29 is 18.3 Å². The first-order valence-corrected chi connectivity index (χ1v) is 5.75. The van der Waals surface area contributed by atoms with E-state index in [4.69, 9.17) is 4.74 Å². The average Bonchev–Trinajstić information content (AvgIpc) is 2.27. The van der Waals surface area contributed by atoms with Gasteiger partial charge in [-0.05, 0) is 25.1 Å². The highest BCUT2D eigenvalue weighted by molar-refractivity contribution is 9.10. The maximum Gasteiger partial charge on any atom is 0.247 e. The predicted molar refractivity (Wildman–Crippen MR) is 60.4 cm³/mol. The van der Waals surface area contributed by atoms with Gasteiger partial charge in [0.15, 0.2) is 0 Å². The Labute approximate surface area is 105 Å². The Kier molecular flexibility index (Phi) is 3.18. The molecule has 0 aliphatic carbocycles. The number of nitrogens with one attached hydrogen (secondary N) is 1. The molecule has 92 valence electrons. The van der Waals surface area contributed by atoms with Gasteiger partial charge in [0, 0.05) is 10.0 Å². The zero-order chi connectivity index (χ0) is 12.6. The monoisotopic (exact) mass is 305 g/mol. The SMILES string of the molecule is C[C@]1(c2cc(Br)ccc2F)NC(=O)COC1F. The Morgan fingerprint density at radius 1 is 1.59 bits per heavy atom. The number of halogens is 3. The number of hydrogen-bond acceptors (Lipinski definition) is 2. The van der Waals surface area contributed by atoms with E-state index in [0.717, 1.165) is 0 Å². The second-order valence-corrected chi connectivity index (χ2v) is 4.92. The molecule has 1 unspecified atom stereocenters. The van der Waals surface area contributed by atoms with E-state index in [1.54, 1.807) is 0 Å². The van der Waals surface area contributed by atoms with Crippen molar-refractivity contribution in [3.63, 3.8) is 0 Å². The van der Waals surface area contributed by atoms with Gasteiger partial charge in [0.25, 0.3) is 0 Å². The highest BCUT2D eigenvalue weighted by Gasteiger charge is 2.44. The van der Waals surface area contributed by atoms with Gasteiger partial charge in [-0.15, -0.1) is 0 Å². The van der Waals surface area contributed by atoms with Gasteiger partial charge in [-0.3, -0.25) is 4.79 Å². The van der Waals surface area contributed by atoms with Gasteiger partial charge in [0.2, 0.25) is 12.3 Å². The van der Waals surface area contributed by atoms with Crippen LogP contribution in [-0.4, -0.2) is 18.9 Å². The summed E-state index contributed by atoms with van der Waals surface area (Å²) in [6.45, 7) is 1.03. The van der Waals surface area contributed by atoms with Crippen molar-refractivity contribution in [1.29, 1.82) is 0 Å². The van der Waals surface area contributed by atoms with E-state index in [1.165, 1.54) is 25.1 Å². The van der Waals surface area contributed by atoms with Crippen LogP contribution in [0.3, 0.4) is 0 Å². The third kappa shape index (κ3) is 2.19. The second kappa shape index (κ2) is 4.34. The zero-order valence-electron chi connectivity index (χ0n) is 8.97. The van der Waals surface area contributed by atoms with Crippen LogP contribution in [-0.2, 0) is 15.1 Å². The molecule has 1 saturated heterocycles. The fourth-order valence-corrected chi connectivity index (χ4v) is 2.14. The number of alkyl halides is 1. The first kappa shape index (κ1) is 12.4. The number of rotatable bonds is 1. The van der Waals surface area contributed by atoms with Crippen LogP contribution in [0.5, 0.6) is 0 Å². The molecule has 1 aromatic rings. The molecule has 1 heterocycles. The van der Waals surface area contributed by atoms with Crippen LogP contribution in [0, 0.1) is 5.82 Å². The number of hydrogen-bond donors (Lipinski definition) is 1. The molecule has 1 N–H and O–H groups in total. The lowest BCUT2D eigenvalue weighted by molar-refractivity contribution is -0.162. The molecule has 2 atom stereocenters. The number of benzene rings is 1. The lowest BCUT2D eigenvalue weighted by Crippen LogP contribution is -2.57. The lowest BCUT2D eigenvalue weighted by Gasteiger charge is -2.37. The van der Waals surface area contributed by atoms with Gasteiger partial charge in [-0.2, -0.15) is 0 Å². The van der Waals surface area contributed by atoms with Crippen molar-refractivity contribution in [2.45, 2.75) is 18.8 Å². The summed E-state index contributed by atoms with van der Waals surface area (Å²) in [6.07, 6.45) is -1.79. The van der Waals surface area contributed by atoms with Crippen LogP contribution in [0.15, 0.2) is 22.7 Å². The molecule has 1 aliphatic heterocycles. The molecular formula is C11H10BrF2NO2. The maximum atomic E-state index is 13.8. The Bertz CT molecular complexity index is 469. The Morgan fingerprint density at radius 3 is 3.00 bits per heavy atom. The van der Waals surface area contributed by atoms with Gasteiger partial charge >= 0.3 is 0 Å². The summed E-state index contributed by atoms with van der Waals surface area (Å²) in [5.74, 6) is -1.06. The van der Waals surface area contributed by atoms with E-state index in [9.17, 15) is 13.6 Å². The van der Waals surface area contributed by atoms with Crippen molar-refractivity contribution in [2.75, 3.05) is 6.61 Å². The van der Waals surface area contributed by atoms with Crippen molar-refractivity contribution in [2.24, 2.45) is 0 Å². The number of carbonyl (C=O) groups is 1. The van der Waals surface area contributed by atoms with Crippen molar-refractivity contribution in [3.8, 4) is 0 Å². The Balaban J connectivity index is 2.48. The standard InChI is InChI=1S/C11H10BrF2NO2/c1-11(10(14)17-5-9(16)15-11)7-4-6(12)2-3-8(7)13/h2-4,10H,5H2,1H3,(H,15,16)/t10?,11-/m1/s1. The van der Waals surface area contributed by atoms with Crippen molar-refractivity contribution in [1.82, 2.24) is 5.32 Å². The molecule has 2 rings (SSSR count). The quantitative estimate of drug-likeness (QED) is 0.864. The van der Waals surface area contributed by atoms with Gasteiger partial charge in [-0.1, -0.05) is 15.9 Å². The first-order chi connectivity index (χ1) is 7.93. The van der Waals surface area contributed by atoms with Crippen molar-refractivity contribution >= 4 is 21.8 Å². The molecular weight excluding hydrogens is 296 g/mol. The van der Waals surface area contributed by atoms with E-state index < -0.39 is 23.6 Å². The lowest BCUT2D eigenvalue weighted by atomic mass is 9.90. The summed E-state index contributed by atoms with van der Waals surface area (Å²) in [4.78, 5) is 11.3. The van der Waals surface area contributed by atoms with E-state index in [1.807, 2.05) is 0 Å². The Morgan fingerprint density at radius 2 is 2.29 bits per heavy atom. The highest BCUT2D eigenvalue weighted by atomic mass is 79.9. The van der Waals surface area contributed by atoms with Crippen LogP contribution in [0.2, 0.25) is 0 Å². The van der Waals surface area contributed by atoms with E-state index in [-0.39, 0.29) is 12.2 Å². The largest absolute Gasteiger partial charge is 0.339 e. The molecule has 0 spiro atoms. The molecule has 1 aromatic carbocycles. The van der Waals surface area contributed by atoms with Crippen LogP contribution in [0.25, 0.3) is 0 Å². The molecule has 0 saturated carbocycles. The molecule has 1 aliphatic rings. The predicted octanol–water partition coefficient (Wildman–Crippen LogP) is 2.25. The third-order valence-corrected chi connectivity index (χ3v) is 3.19. The summed E-state index contributed by atoms with van der Waals surface area (Å²) in [5, 5.41) is 2.43. The minimum atomic E-state index is -1.79. The minimum Gasteiger partial charge on any atom is -0.339 e. The Hall–Kier alpha value is -1.01. The highest BCUT2D eigenvalue weighted by Crippen LogP contribution is 2.33. The molecule has 6 heteroatoms. The van der Waals surface area contributed by atoms with Gasteiger partial charge in [-0.25, -0.2) is 8.78 Å². The smallest absolute Gasteiger partial charge is 0.247 e. The summed E-state index contributed by atoms with van der Waals surface area (Å²) in [7, 11) is 0. The van der Waals surface area contributed by atoms with E-state index >= 15 is 0 Å². The summed E-state index contributed by atoms with van der Waals surface area (Å²) >= 11 is 3.18. The summed E-state index contributed by atoms with van der Waals surface area (Å²) in [5.41, 5.74) is -1.46. The number of amides is 1. The molecule has 0 bridgehead atoms. The molecule has 0 radical (unpaired) electrons. The average molecular weight is 306 g/mol. The zero-order valence-corrected chi connectivity index (χ0v) is 10.6. The van der Waals surface area contributed by atoms with E-state index in [2.05, 4.69) is 21.2 Å². The minimum absolute atomic E-state index is 0.0485. The maximum absolute atomic E-state index is 13.8.